The second kappa shape index (κ2) is 10.1. The van der Waals surface area contributed by atoms with Crippen molar-refractivity contribution in [2.24, 2.45) is 0 Å². The number of rotatable bonds is 8. The van der Waals surface area contributed by atoms with Gasteiger partial charge in [0.1, 0.15) is 6.54 Å². The molecule has 10 heteroatoms. The lowest BCUT2D eigenvalue weighted by atomic mass is 10.0. The molecule has 9 nitrogen and oxygen atoms in total. The molecule has 0 N–H and O–H groups in total. The maximum Gasteiger partial charge on any atom is 0.303 e. The fourth-order valence-corrected chi connectivity index (χ4v) is 2.45. The lowest BCUT2D eigenvalue weighted by molar-refractivity contribution is -0.879. The summed E-state index contributed by atoms with van der Waals surface area (Å²) in [7, 11) is 3.86. The lowest BCUT2D eigenvalue weighted by Gasteiger charge is -2.40. The van der Waals surface area contributed by atoms with Crippen molar-refractivity contribution in [2.75, 3.05) is 39.9 Å². The quantitative estimate of drug-likeness (QED) is 0.191. The normalized spacial score (nSPS) is 26.1. The van der Waals surface area contributed by atoms with Crippen LogP contribution in [-0.4, -0.2) is 86.9 Å². The van der Waals surface area contributed by atoms with Crippen molar-refractivity contribution in [3.05, 3.63) is 0 Å². The molecule has 0 aliphatic carbocycles. The standard InChI is InChI=1S/C16H27ClNO8/c1-10(19)24-13-8-23-16(22-7-6-18(4,5)9-17)15(26-12(3)21)14(13)25-11(2)20/h13-16H,6-9H2,1-5H3/q+1/t13-,14+,15-,16?/m1/s1. The highest BCUT2D eigenvalue weighted by Crippen LogP contribution is 2.25. The van der Waals surface area contributed by atoms with E-state index in [1.165, 1.54) is 20.8 Å². The minimum atomic E-state index is -1.07. The third-order valence-corrected chi connectivity index (χ3v) is 4.25. The zero-order valence-electron chi connectivity index (χ0n) is 15.7. The molecule has 4 atom stereocenters. The van der Waals surface area contributed by atoms with Gasteiger partial charge in [-0.05, 0) is 0 Å². The molecule has 0 spiro atoms. The van der Waals surface area contributed by atoms with Crippen molar-refractivity contribution in [1.82, 2.24) is 0 Å². The Bertz CT molecular complexity index is 512. The molecular weight excluding hydrogens is 370 g/mol. The van der Waals surface area contributed by atoms with Crippen LogP contribution in [0.25, 0.3) is 0 Å². The Kier molecular flexibility index (Phi) is 8.75. The molecule has 1 aliphatic heterocycles. The predicted octanol–water partition coefficient (Wildman–Crippen LogP) is 0.427. The van der Waals surface area contributed by atoms with Crippen molar-refractivity contribution < 1.29 is 42.6 Å². The molecule has 0 amide bonds. The van der Waals surface area contributed by atoms with Crippen LogP contribution >= 0.6 is 11.6 Å². The first-order valence-corrected chi connectivity index (χ1v) is 8.72. The molecule has 0 aromatic rings. The third kappa shape index (κ3) is 7.45. The topological polar surface area (TPSA) is 97.4 Å². The Morgan fingerprint density at radius 1 is 1.00 bits per heavy atom. The number of carbonyl (C=O) groups excluding carboxylic acids is 3. The van der Waals surface area contributed by atoms with Crippen LogP contribution < -0.4 is 0 Å². The average molecular weight is 397 g/mol. The molecule has 0 radical (unpaired) electrons. The summed E-state index contributed by atoms with van der Waals surface area (Å²) in [5.41, 5.74) is 0. The molecule has 0 aromatic heterocycles. The first-order chi connectivity index (χ1) is 12.1. The van der Waals surface area contributed by atoms with E-state index in [0.717, 1.165) is 0 Å². The van der Waals surface area contributed by atoms with Gasteiger partial charge in [0, 0.05) is 20.8 Å². The molecule has 0 aromatic carbocycles. The Morgan fingerprint density at radius 2 is 1.54 bits per heavy atom. The van der Waals surface area contributed by atoms with Gasteiger partial charge < -0.3 is 28.2 Å². The summed E-state index contributed by atoms with van der Waals surface area (Å²) in [6.07, 6.45) is -3.98. The van der Waals surface area contributed by atoms with Crippen LogP contribution in [0.3, 0.4) is 0 Å². The van der Waals surface area contributed by atoms with Crippen LogP contribution in [-0.2, 0) is 38.1 Å². The molecule has 1 aliphatic rings. The maximum absolute atomic E-state index is 11.5. The van der Waals surface area contributed by atoms with E-state index in [0.29, 0.717) is 17.0 Å². The monoisotopic (exact) mass is 396 g/mol. The summed E-state index contributed by atoms with van der Waals surface area (Å²) in [4.78, 5) is 34.3. The second-order valence-electron chi connectivity index (χ2n) is 6.65. The number of hydrogen-bond donors (Lipinski definition) is 0. The minimum absolute atomic E-state index is 0.0618. The van der Waals surface area contributed by atoms with E-state index in [-0.39, 0.29) is 13.2 Å². The maximum atomic E-state index is 11.5. The number of likely N-dealkylation sites (N-methyl/N-ethyl adjacent to an activating group) is 1. The molecule has 26 heavy (non-hydrogen) atoms. The largest absolute Gasteiger partial charge is 0.456 e. The van der Waals surface area contributed by atoms with Gasteiger partial charge in [0.2, 0.25) is 0 Å². The van der Waals surface area contributed by atoms with Gasteiger partial charge in [0.25, 0.3) is 0 Å². The second-order valence-corrected chi connectivity index (χ2v) is 6.89. The van der Waals surface area contributed by atoms with Gasteiger partial charge in [-0.15, -0.1) is 0 Å². The van der Waals surface area contributed by atoms with Crippen molar-refractivity contribution >= 4 is 29.5 Å². The van der Waals surface area contributed by atoms with Crippen LogP contribution in [0.4, 0.5) is 0 Å². The van der Waals surface area contributed by atoms with E-state index >= 15 is 0 Å². The fourth-order valence-electron chi connectivity index (χ4n) is 2.33. The van der Waals surface area contributed by atoms with Gasteiger partial charge in [0.15, 0.2) is 30.6 Å². The lowest BCUT2D eigenvalue weighted by Crippen LogP contribution is -2.58. The molecule has 0 bridgehead atoms. The highest BCUT2D eigenvalue weighted by molar-refractivity contribution is 6.16. The summed E-state index contributed by atoms with van der Waals surface area (Å²) in [5.74, 6) is -1.78. The van der Waals surface area contributed by atoms with Crippen LogP contribution in [0, 0.1) is 0 Å². The van der Waals surface area contributed by atoms with E-state index < -0.39 is 42.5 Å². The summed E-state index contributed by atoms with van der Waals surface area (Å²) < 4.78 is 27.4. The predicted molar refractivity (Wildman–Crippen MR) is 90.0 cm³/mol. The number of halogens is 1. The Balaban J connectivity index is 2.90. The van der Waals surface area contributed by atoms with Gasteiger partial charge in [0.05, 0.1) is 27.3 Å². The van der Waals surface area contributed by atoms with Gasteiger partial charge in [-0.2, -0.15) is 0 Å². The molecule has 1 fully saturated rings. The van der Waals surface area contributed by atoms with Crippen LogP contribution in [0.15, 0.2) is 0 Å². The fraction of sp³-hybridized carbons (Fsp3) is 0.812. The SMILES string of the molecule is CC(=O)O[C@H]1[C@H](OC(C)=O)COC(OCC[N+](C)(C)CCl)[C@@H]1OC(C)=O. The van der Waals surface area contributed by atoms with E-state index in [1.807, 2.05) is 14.1 Å². The molecule has 150 valence electrons. The Hall–Kier alpha value is -1.42. The Morgan fingerprint density at radius 3 is 2.04 bits per heavy atom. The van der Waals surface area contributed by atoms with Gasteiger partial charge in [-0.3, -0.25) is 14.4 Å². The first-order valence-electron chi connectivity index (χ1n) is 8.18. The smallest absolute Gasteiger partial charge is 0.303 e. The first kappa shape index (κ1) is 22.6. The number of hydrogen-bond acceptors (Lipinski definition) is 8. The van der Waals surface area contributed by atoms with Crippen molar-refractivity contribution in [3.8, 4) is 0 Å². The third-order valence-electron chi connectivity index (χ3n) is 3.61. The zero-order valence-corrected chi connectivity index (χ0v) is 16.5. The van der Waals surface area contributed by atoms with Crippen molar-refractivity contribution in [1.29, 1.82) is 0 Å². The van der Waals surface area contributed by atoms with E-state index in [1.54, 1.807) is 0 Å². The summed E-state index contributed by atoms with van der Waals surface area (Å²) in [6, 6.07) is 0.396. The van der Waals surface area contributed by atoms with E-state index in [4.69, 9.17) is 35.3 Å². The van der Waals surface area contributed by atoms with Gasteiger partial charge in [-0.1, -0.05) is 11.6 Å². The summed E-state index contributed by atoms with van der Waals surface area (Å²) in [5, 5.41) is 0. The van der Waals surface area contributed by atoms with E-state index in [2.05, 4.69) is 0 Å². The van der Waals surface area contributed by atoms with Crippen molar-refractivity contribution in [2.45, 2.75) is 45.4 Å². The number of ether oxygens (including phenoxy) is 5. The zero-order chi connectivity index (χ0) is 19.9. The van der Waals surface area contributed by atoms with Crippen LogP contribution in [0.5, 0.6) is 0 Å². The molecule has 1 rings (SSSR count). The molecule has 0 saturated carbocycles. The number of esters is 3. The number of alkyl halides is 1. The highest BCUT2D eigenvalue weighted by Gasteiger charge is 2.47. The Labute approximate surface area is 158 Å². The molecular formula is C16H27ClNO8+. The summed E-state index contributed by atoms with van der Waals surface area (Å²) >= 11 is 5.87. The van der Waals surface area contributed by atoms with Crippen LogP contribution in [0.2, 0.25) is 0 Å². The molecule has 1 unspecified atom stereocenters. The number of nitrogens with zero attached hydrogens (tertiary/aromatic N) is 1. The molecule has 1 saturated heterocycles. The highest BCUT2D eigenvalue weighted by atomic mass is 35.5. The van der Waals surface area contributed by atoms with Crippen molar-refractivity contribution in [3.63, 3.8) is 0 Å². The molecule has 1 heterocycles. The minimum Gasteiger partial charge on any atom is -0.456 e. The number of quaternary nitrogens is 1. The van der Waals surface area contributed by atoms with Gasteiger partial charge >= 0.3 is 17.9 Å². The van der Waals surface area contributed by atoms with Gasteiger partial charge in [-0.25, -0.2) is 0 Å². The van der Waals surface area contributed by atoms with Crippen LogP contribution in [0.1, 0.15) is 20.8 Å². The number of carbonyl (C=O) groups is 3. The van der Waals surface area contributed by atoms with E-state index in [9.17, 15) is 14.4 Å². The summed E-state index contributed by atoms with van der Waals surface area (Å²) in [6.45, 7) is 4.44. The average Bonchev–Trinajstić information content (AvgIpc) is 2.51.